The van der Waals surface area contributed by atoms with Gasteiger partial charge in [0.05, 0.1) is 0 Å². The predicted molar refractivity (Wildman–Crippen MR) is 88.1 cm³/mol. The minimum absolute atomic E-state index is 0.511. The van der Waals surface area contributed by atoms with E-state index in [1.54, 1.807) is 24.3 Å². The monoisotopic (exact) mass is 324 g/mol. The smallest absolute Gasteiger partial charge is 0.311 e. The Kier molecular flexibility index (Phi) is 5.52. The molecule has 116 valence electrons. The Labute approximate surface area is 128 Å². The third-order valence-corrected chi connectivity index (χ3v) is 4.04. The molecule has 1 aromatic carbocycles. The molecule has 0 radical (unpaired) electrons. The van der Waals surface area contributed by atoms with E-state index in [1.807, 2.05) is 45.3 Å². The van der Waals surface area contributed by atoms with E-state index in [-0.39, 0.29) is 0 Å². The molecule has 0 aliphatic carbocycles. The molecular weight excluding hydrogens is 300 g/mol. The summed E-state index contributed by atoms with van der Waals surface area (Å²) in [6, 6.07) is 8.94. The van der Waals surface area contributed by atoms with Crippen molar-refractivity contribution in [3.05, 3.63) is 35.9 Å². The van der Waals surface area contributed by atoms with E-state index in [0.717, 1.165) is 0 Å². The second kappa shape index (κ2) is 6.57. The molecule has 0 N–H and O–H groups in total. The number of hydrogen-bond donors (Lipinski definition) is 0. The molecule has 0 saturated heterocycles. The Morgan fingerprint density at radius 1 is 0.810 bits per heavy atom. The lowest BCUT2D eigenvalue weighted by atomic mass is 10.00. The zero-order valence-corrected chi connectivity index (χ0v) is 15.6. The van der Waals surface area contributed by atoms with Gasteiger partial charge in [0, 0.05) is 0 Å². The number of benzene rings is 1. The van der Waals surface area contributed by atoms with Crippen LogP contribution in [-0.2, 0) is 18.4 Å². The lowest BCUT2D eigenvalue weighted by Crippen LogP contribution is -2.38. The van der Waals surface area contributed by atoms with Crippen molar-refractivity contribution < 1.29 is 18.4 Å². The van der Waals surface area contributed by atoms with Gasteiger partial charge in [-0.15, -0.1) is 0 Å². The minimum Gasteiger partial charge on any atom is -0.519 e. The van der Waals surface area contributed by atoms with Crippen molar-refractivity contribution in [2.75, 3.05) is 0 Å². The molecule has 1 rings (SSSR count). The molecule has 0 unspecified atom stereocenters. The molecule has 0 amide bonds. The van der Waals surface area contributed by atoms with Crippen LogP contribution in [0.2, 0.25) is 39.3 Å². The average molecular weight is 325 g/mol. The normalized spacial score (nSPS) is 12.1. The van der Waals surface area contributed by atoms with Gasteiger partial charge in [0.2, 0.25) is 16.6 Å². The summed E-state index contributed by atoms with van der Waals surface area (Å²) in [5.74, 6) is -2.02. The highest BCUT2D eigenvalue weighted by atomic mass is 28.4. The molecule has 0 atom stereocenters. The van der Waals surface area contributed by atoms with Gasteiger partial charge in [-0.25, -0.2) is 0 Å². The SMILES string of the molecule is C[Si](C)(C)OC(=O)C(C(=O)O[Si](C)(C)C)c1ccccc1. The lowest BCUT2D eigenvalue weighted by molar-refractivity contribution is -0.147. The summed E-state index contributed by atoms with van der Waals surface area (Å²) in [5, 5.41) is 0. The molecule has 0 aliphatic heterocycles. The highest BCUT2D eigenvalue weighted by Gasteiger charge is 2.36. The zero-order chi connectivity index (χ0) is 16.3. The Bertz CT molecular complexity index is 473. The molecule has 1 aromatic rings. The summed E-state index contributed by atoms with van der Waals surface area (Å²) in [7, 11) is -4.13. The van der Waals surface area contributed by atoms with E-state index >= 15 is 0 Å². The fraction of sp³-hybridized carbons (Fsp3) is 0.467. The van der Waals surface area contributed by atoms with Gasteiger partial charge in [-0.2, -0.15) is 0 Å². The molecule has 4 nitrogen and oxygen atoms in total. The fourth-order valence-electron chi connectivity index (χ4n) is 1.74. The topological polar surface area (TPSA) is 52.6 Å². The Morgan fingerprint density at radius 3 is 1.52 bits per heavy atom. The number of carbonyl (C=O) groups is 2. The number of hydrogen-bond acceptors (Lipinski definition) is 4. The second-order valence-corrected chi connectivity index (χ2v) is 15.8. The van der Waals surface area contributed by atoms with Crippen LogP contribution in [0, 0.1) is 0 Å². The van der Waals surface area contributed by atoms with Crippen LogP contribution in [-0.4, -0.2) is 28.6 Å². The summed E-state index contributed by atoms with van der Waals surface area (Å²) in [4.78, 5) is 24.8. The standard InChI is InChI=1S/C15H24O4Si2/c1-20(2,3)18-14(16)13(12-10-8-7-9-11-12)15(17)19-21(4,5)6/h7-11,13H,1-6H3. The molecule has 0 spiro atoms. The maximum Gasteiger partial charge on any atom is 0.311 e. The summed E-state index contributed by atoms with van der Waals surface area (Å²) in [6.07, 6.45) is 0. The summed E-state index contributed by atoms with van der Waals surface area (Å²) < 4.78 is 11.0. The fourth-order valence-corrected chi connectivity index (χ4v) is 3.18. The maximum absolute atomic E-state index is 12.4. The van der Waals surface area contributed by atoms with E-state index in [2.05, 4.69) is 0 Å². The van der Waals surface area contributed by atoms with Crippen molar-refractivity contribution in [1.82, 2.24) is 0 Å². The summed E-state index contributed by atoms with van der Waals surface area (Å²) >= 11 is 0. The van der Waals surface area contributed by atoms with Crippen molar-refractivity contribution in [2.45, 2.75) is 45.2 Å². The highest BCUT2D eigenvalue weighted by molar-refractivity contribution is 6.72. The molecule has 0 bridgehead atoms. The summed E-state index contributed by atoms with van der Waals surface area (Å²) in [6.45, 7) is 11.5. The third-order valence-electron chi connectivity index (χ3n) is 2.42. The second-order valence-electron chi connectivity index (χ2n) is 6.91. The van der Waals surface area contributed by atoms with E-state index in [0.29, 0.717) is 5.56 Å². The molecule has 0 aliphatic rings. The van der Waals surface area contributed by atoms with Gasteiger partial charge in [-0.05, 0) is 44.8 Å². The van der Waals surface area contributed by atoms with Crippen molar-refractivity contribution in [3.8, 4) is 0 Å². The van der Waals surface area contributed by atoms with Crippen LogP contribution in [0.4, 0.5) is 0 Å². The van der Waals surface area contributed by atoms with Gasteiger partial charge in [0.1, 0.15) is 0 Å². The van der Waals surface area contributed by atoms with Crippen molar-refractivity contribution >= 4 is 28.6 Å². The van der Waals surface area contributed by atoms with Crippen LogP contribution < -0.4 is 0 Å². The van der Waals surface area contributed by atoms with E-state index in [4.69, 9.17) is 8.85 Å². The molecule has 0 fully saturated rings. The van der Waals surface area contributed by atoms with Gasteiger partial charge >= 0.3 is 11.9 Å². The summed E-state index contributed by atoms with van der Waals surface area (Å²) in [5.41, 5.74) is 0.615. The predicted octanol–water partition coefficient (Wildman–Crippen LogP) is 3.53. The molecule has 0 aromatic heterocycles. The van der Waals surface area contributed by atoms with E-state index in [1.165, 1.54) is 0 Å². The third kappa shape index (κ3) is 6.26. The molecule has 0 saturated carbocycles. The Hall–Kier alpha value is -1.41. The molecule has 0 heterocycles. The van der Waals surface area contributed by atoms with Crippen molar-refractivity contribution in [3.63, 3.8) is 0 Å². The van der Waals surface area contributed by atoms with Gasteiger partial charge in [0.15, 0.2) is 5.92 Å². The van der Waals surface area contributed by atoms with Crippen LogP contribution in [0.15, 0.2) is 30.3 Å². The minimum atomic E-state index is -2.07. The van der Waals surface area contributed by atoms with Crippen LogP contribution in [0.1, 0.15) is 11.5 Å². The van der Waals surface area contributed by atoms with Gasteiger partial charge in [-0.1, -0.05) is 30.3 Å². The van der Waals surface area contributed by atoms with Crippen LogP contribution >= 0.6 is 0 Å². The average Bonchev–Trinajstić information content (AvgIpc) is 2.25. The first-order valence-corrected chi connectivity index (χ1v) is 13.8. The molecular formula is C15H24O4Si2. The Morgan fingerprint density at radius 2 is 1.19 bits per heavy atom. The molecule has 21 heavy (non-hydrogen) atoms. The first kappa shape index (κ1) is 17.6. The van der Waals surface area contributed by atoms with Crippen molar-refractivity contribution in [1.29, 1.82) is 0 Å². The van der Waals surface area contributed by atoms with Crippen LogP contribution in [0.25, 0.3) is 0 Å². The van der Waals surface area contributed by atoms with Crippen LogP contribution in [0.3, 0.4) is 0 Å². The first-order chi connectivity index (χ1) is 9.49. The number of carbonyl (C=O) groups excluding carboxylic acids is 2. The first-order valence-electron chi connectivity index (χ1n) is 7.00. The van der Waals surface area contributed by atoms with Gasteiger partial charge < -0.3 is 8.85 Å². The van der Waals surface area contributed by atoms with Crippen molar-refractivity contribution in [2.24, 2.45) is 0 Å². The Balaban J connectivity index is 3.07. The highest BCUT2D eigenvalue weighted by Crippen LogP contribution is 2.23. The van der Waals surface area contributed by atoms with Gasteiger partial charge in [-0.3, -0.25) is 9.59 Å². The largest absolute Gasteiger partial charge is 0.519 e. The zero-order valence-electron chi connectivity index (χ0n) is 13.6. The van der Waals surface area contributed by atoms with Crippen LogP contribution in [0.5, 0.6) is 0 Å². The number of rotatable bonds is 5. The quantitative estimate of drug-likeness (QED) is 0.614. The van der Waals surface area contributed by atoms with E-state index < -0.39 is 34.5 Å². The molecule has 6 heteroatoms. The lowest BCUT2D eigenvalue weighted by Gasteiger charge is -2.25. The maximum atomic E-state index is 12.4. The van der Waals surface area contributed by atoms with E-state index in [9.17, 15) is 9.59 Å². The van der Waals surface area contributed by atoms with Gasteiger partial charge in [0.25, 0.3) is 0 Å².